The lowest BCUT2D eigenvalue weighted by molar-refractivity contribution is 0.0463. The monoisotopic (exact) mass is 466 g/mol. The van der Waals surface area contributed by atoms with Crippen LogP contribution in [0.5, 0.6) is 17.2 Å². The van der Waals surface area contributed by atoms with Gasteiger partial charge in [0.15, 0.2) is 11.5 Å². The molecule has 3 heterocycles. The van der Waals surface area contributed by atoms with Gasteiger partial charge in [0.2, 0.25) is 0 Å². The molecule has 0 unspecified atom stereocenters. The van der Waals surface area contributed by atoms with Crippen molar-refractivity contribution in [2.24, 2.45) is 5.92 Å². The number of nitrogens with zero attached hydrogens (tertiary/aromatic N) is 2. The molecule has 2 saturated heterocycles. The van der Waals surface area contributed by atoms with E-state index in [1.165, 1.54) is 5.56 Å². The number of rotatable bonds is 8. The molecule has 2 aromatic rings. The molecule has 7 nitrogen and oxygen atoms in total. The zero-order valence-electron chi connectivity index (χ0n) is 19.9. The van der Waals surface area contributed by atoms with Gasteiger partial charge >= 0.3 is 6.09 Å². The second-order valence-electron chi connectivity index (χ2n) is 9.51. The Morgan fingerprint density at radius 3 is 2.62 bits per heavy atom. The minimum atomic E-state index is -0.162. The van der Waals surface area contributed by atoms with Crippen molar-refractivity contribution in [1.82, 2.24) is 9.80 Å². The third-order valence-electron chi connectivity index (χ3n) is 7.21. The molecule has 2 aromatic carbocycles. The predicted molar refractivity (Wildman–Crippen MR) is 129 cm³/mol. The topological polar surface area (TPSA) is 60.5 Å². The minimum Gasteiger partial charge on any atom is -0.497 e. The summed E-state index contributed by atoms with van der Waals surface area (Å²) < 4.78 is 22.8. The fourth-order valence-electron chi connectivity index (χ4n) is 5.20. The maximum Gasteiger partial charge on any atom is 0.410 e. The number of hydrogen-bond acceptors (Lipinski definition) is 6. The Morgan fingerprint density at radius 2 is 1.82 bits per heavy atom. The fourth-order valence-corrected chi connectivity index (χ4v) is 5.20. The normalized spacial score (nSPS) is 23.1. The van der Waals surface area contributed by atoms with E-state index in [-0.39, 0.29) is 18.2 Å². The van der Waals surface area contributed by atoms with E-state index in [1.807, 2.05) is 41.3 Å². The van der Waals surface area contributed by atoms with Gasteiger partial charge in [0, 0.05) is 19.2 Å². The molecule has 0 aromatic heterocycles. The molecule has 7 heteroatoms. The van der Waals surface area contributed by atoms with Crippen LogP contribution in [0.25, 0.3) is 0 Å². The molecule has 1 amide bonds. The van der Waals surface area contributed by atoms with Crippen LogP contribution in [0.4, 0.5) is 4.79 Å². The van der Waals surface area contributed by atoms with E-state index in [9.17, 15) is 4.79 Å². The highest BCUT2D eigenvalue weighted by Crippen LogP contribution is 2.35. The molecular weight excluding hydrogens is 432 g/mol. The molecule has 2 atom stereocenters. The van der Waals surface area contributed by atoms with Crippen LogP contribution in [0.15, 0.2) is 48.5 Å². The van der Waals surface area contributed by atoms with Crippen LogP contribution in [0, 0.1) is 5.92 Å². The first-order valence-corrected chi connectivity index (χ1v) is 12.3. The molecule has 0 N–H and O–H groups in total. The lowest BCUT2D eigenvalue weighted by atomic mass is 9.93. The lowest BCUT2D eigenvalue weighted by Crippen LogP contribution is -2.44. The van der Waals surface area contributed by atoms with Crippen LogP contribution in [-0.4, -0.2) is 74.5 Å². The number of carbonyl (C=O) groups is 1. The van der Waals surface area contributed by atoms with Crippen molar-refractivity contribution in [1.29, 1.82) is 0 Å². The molecule has 2 fully saturated rings. The number of methoxy groups -OCH3 is 1. The molecule has 182 valence electrons. The summed E-state index contributed by atoms with van der Waals surface area (Å²) >= 11 is 0. The predicted octanol–water partition coefficient (Wildman–Crippen LogP) is 4.00. The summed E-state index contributed by atoms with van der Waals surface area (Å²) in [4.78, 5) is 16.7. The molecule has 3 aliphatic rings. The maximum atomic E-state index is 12.3. The third kappa shape index (κ3) is 5.41. The van der Waals surface area contributed by atoms with Gasteiger partial charge < -0.3 is 23.8 Å². The number of carbonyl (C=O) groups excluding carboxylic acids is 1. The zero-order chi connectivity index (χ0) is 23.3. The van der Waals surface area contributed by atoms with Gasteiger partial charge in [-0.05, 0) is 62.4 Å². The quantitative estimate of drug-likeness (QED) is 0.586. The Labute approximate surface area is 201 Å². The van der Waals surface area contributed by atoms with E-state index in [2.05, 4.69) is 17.0 Å². The summed E-state index contributed by atoms with van der Waals surface area (Å²) in [6.45, 7) is 4.80. The summed E-state index contributed by atoms with van der Waals surface area (Å²) in [6, 6.07) is 16.2. The Bertz CT molecular complexity index is 961. The van der Waals surface area contributed by atoms with Crippen LogP contribution in [0.1, 0.15) is 24.8 Å². The van der Waals surface area contributed by atoms with Crippen LogP contribution in [0.3, 0.4) is 0 Å². The van der Waals surface area contributed by atoms with Crippen molar-refractivity contribution in [2.45, 2.75) is 37.8 Å². The van der Waals surface area contributed by atoms with Crippen molar-refractivity contribution in [2.75, 3.05) is 46.5 Å². The summed E-state index contributed by atoms with van der Waals surface area (Å²) in [5, 5.41) is 0. The molecule has 5 rings (SSSR count). The highest BCUT2D eigenvalue weighted by Gasteiger charge is 2.33. The number of benzene rings is 2. The Kier molecular flexibility index (Phi) is 7.09. The number of ether oxygens (including phenoxy) is 4. The van der Waals surface area contributed by atoms with Crippen LogP contribution in [0.2, 0.25) is 0 Å². The second-order valence-corrected chi connectivity index (χ2v) is 9.51. The summed E-state index contributed by atoms with van der Waals surface area (Å²) in [5.74, 6) is 2.95. The van der Waals surface area contributed by atoms with E-state index in [4.69, 9.17) is 18.9 Å². The van der Waals surface area contributed by atoms with Gasteiger partial charge in [-0.15, -0.1) is 0 Å². The Balaban J connectivity index is 1.06. The maximum absolute atomic E-state index is 12.3. The Morgan fingerprint density at radius 1 is 1.00 bits per heavy atom. The zero-order valence-corrected chi connectivity index (χ0v) is 19.9. The van der Waals surface area contributed by atoms with E-state index in [1.54, 1.807) is 7.11 Å². The SMILES string of the molecule is COc1ccc2c(c1)O[C@@H](CN1CCC(CCN3C(=O)OC[C@@H]3Cc3ccccc3)CC1)CO2. The van der Waals surface area contributed by atoms with Crippen molar-refractivity contribution in [3.63, 3.8) is 0 Å². The molecule has 0 bridgehead atoms. The number of cyclic esters (lactones) is 1. The molecular formula is C27H34N2O5. The van der Waals surface area contributed by atoms with Gasteiger partial charge in [0.1, 0.15) is 25.1 Å². The standard InChI is InChI=1S/C27H34N2O5/c1-31-23-7-8-25-26(16-23)34-24(19-32-25)17-28-12-9-20(10-13-28)11-14-29-22(18-33-27(29)30)15-21-5-3-2-4-6-21/h2-8,16,20,22,24H,9-15,17-19H2,1H3/t22-,24-/m0/s1. The molecule has 34 heavy (non-hydrogen) atoms. The number of amides is 1. The molecule has 0 spiro atoms. The largest absolute Gasteiger partial charge is 0.497 e. The second kappa shape index (κ2) is 10.6. The van der Waals surface area contributed by atoms with Crippen LogP contribution in [-0.2, 0) is 11.2 Å². The summed E-state index contributed by atoms with van der Waals surface area (Å²) in [7, 11) is 1.66. The van der Waals surface area contributed by atoms with Gasteiger partial charge in [-0.2, -0.15) is 0 Å². The van der Waals surface area contributed by atoms with E-state index in [0.717, 1.165) is 69.1 Å². The van der Waals surface area contributed by atoms with E-state index in [0.29, 0.717) is 19.1 Å². The average Bonchev–Trinajstić information content (AvgIpc) is 3.22. The molecule has 0 radical (unpaired) electrons. The summed E-state index contributed by atoms with van der Waals surface area (Å²) in [6.07, 6.45) is 4.03. The van der Waals surface area contributed by atoms with Gasteiger partial charge in [0.05, 0.1) is 13.2 Å². The first-order chi connectivity index (χ1) is 16.7. The minimum absolute atomic E-state index is 0.0225. The number of fused-ring (bicyclic) bond motifs is 1. The van der Waals surface area contributed by atoms with Gasteiger partial charge in [-0.25, -0.2) is 4.79 Å². The van der Waals surface area contributed by atoms with Crippen LogP contribution < -0.4 is 14.2 Å². The van der Waals surface area contributed by atoms with Crippen molar-refractivity contribution >= 4 is 6.09 Å². The van der Waals surface area contributed by atoms with E-state index >= 15 is 0 Å². The Hall–Kier alpha value is -2.93. The highest BCUT2D eigenvalue weighted by atomic mass is 16.6. The summed E-state index contributed by atoms with van der Waals surface area (Å²) in [5.41, 5.74) is 1.25. The first-order valence-electron chi connectivity index (χ1n) is 12.3. The van der Waals surface area contributed by atoms with Crippen molar-refractivity contribution in [3.05, 3.63) is 54.1 Å². The molecule has 3 aliphatic heterocycles. The first kappa shape index (κ1) is 22.8. The van der Waals surface area contributed by atoms with Gasteiger partial charge in [0.25, 0.3) is 0 Å². The third-order valence-corrected chi connectivity index (χ3v) is 7.21. The number of hydrogen-bond donors (Lipinski definition) is 0. The van der Waals surface area contributed by atoms with Crippen LogP contribution >= 0.6 is 0 Å². The van der Waals surface area contributed by atoms with Crippen molar-refractivity contribution < 1.29 is 23.7 Å². The lowest BCUT2D eigenvalue weighted by Gasteiger charge is -2.36. The van der Waals surface area contributed by atoms with Crippen molar-refractivity contribution in [3.8, 4) is 17.2 Å². The smallest absolute Gasteiger partial charge is 0.410 e. The van der Waals surface area contributed by atoms with Gasteiger partial charge in [-0.1, -0.05) is 30.3 Å². The number of piperidine rings is 1. The molecule has 0 aliphatic carbocycles. The van der Waals surface area contributed by atoms with E-state index < -0.39 is 0 Å². The van der Waals surface area contributed by atoms with Gasteiger partial charge in [-0.3, -0.25) is 4.90 Å². The average molecular weight is 467 g/mol. The molecule has 0 saturated carbocycles. The highest BCUT2D eigenvalue weighted by molar-refractivity contribution is 5.70. The fraction of sp³-hybridized carbons (Fsp3) is 0.519. The number of likely N-dealkylation sites (tertiary alicyclic amines) is 1.